The third kappa shape index (κ3) is 8.23. The van der Waals surface area contributed by atoms with E-state index >= 15 is 0 Å². The summed E-state index contributed by atoms with van der Waals surface area (Å²) in [5.41, 5.74) is 0.948. The fourth-order valence-corrected chi connectivity index (χ4v) is 4.14. The van der Waals surface area contributed by atoms with Gasteiger partial charge in [-0.1, -0.05) is 44.2 Å². The molecule has 9 heteroatoms. The number of hydrogen-bond acceptors (Lipinski definition) is 8. The van der Waals surface area contributed by atoms with Crippen LogP contribution in [0.15, 0.2) is 30.3 Å². The van der Waals surface area contributed by atoms with Crippen molar-refractivity contribution in [3.63, 3.8) is 0 Å². The van der Waals surface area contributed by atoms with Crippen LogP contribution in [0, 0.1) is 5.92 Å². The lowest BCUT2D eigenvalue weighted by molar-refractivity contribution is -0.223. The first-order valence-electron chi connectivity index (χ1n) is 12.0. The monoisotopic (exact) mass is 478 g/mol. The first-order valence-corrected chi connectivity index (χ1v) is 12.0. The van der Waals surface area contributed by atoms with Crippen LogP contribution in [0.1, 0.15) is 46.1 Å². The molecule has 34 heavy (non-hydrogen) atoms. The molecule has 2 aliphatic heterocycles. The number of alkyl carbamates (subject to hydrolysis) is 1. The van der Waals surface area contributed by atoms with Gasteiger partial charge in [-0.2, -0.15) is 0 Å². The van der Waals surface area contributed by atoms with Crippen LogP contribution in [0.25, 0.3) is 0 Å². The van der Waals surface area contributed by atoms with Crippen molar-refractivity contribution in [2.75, 3.05) is 26.2 Å². The van der Waals surface area contributed by atoms with Gasteiger partial charge in [0.1, 0.15) is 18.8 Å². The Bertz CT molecular complexity index is 788. The number of hydrogen-bond donors (Lipinski definition) is 2. The summed E-state index contributed by atoms with van der Waals surface area (Å²) in [5, 5.41) is 13.0. The van der Waals surface area contributed by atoms with Gasteiger partial charge in [0, 0.05) is 25.7 Å². The van der Waals surface area contributed by atoms with Crippen molar-refractivity contribution in [1.82, 2.24) is 10.2 Å². The molecule has 2 aliphatic rings. The Balaban J connectivity index is 1.46. The van der Waals surface area contributed by atoms with E-state index in [-0.39, 0.29) is 37.2 Å². The summed E-state index contributed by atoms with van der Waals surface area (Å²) in [5.74, 6) is -1.95. The molecule has 0 aliphatic carbocycles. The second-order valence-electron chi connectivity index (χ2n) is 9.81. The number of aliphatic hydroxyl groups is 1. The van der Waals surface area contributed by atoms with Crippen molar-refractivity contribution in [3.8, 4) is 0 Å². The van der Waals surface area contributed by atoms with Crippen LogP contribution >= 0.6 is 0 Å². The van der Waals surface area contributed by atoms with Crippen LogP contribution in [0.2, 0.25) is 0 Å². The Kier molecular flexibility index (Phi) is 9.30. The maximum atomic E-state index is 12.3. The quantitative estimate of drug-likeness (QED) is 0.412. The maximum Gasteiger partial charge on any atom is 0.407 e. The molecule has 1 amide bonds. The summed E-state index contributed by atoms with van der Waals surface area (Å²) in [6, 6.07) is 9.62. The molecule has 1 aromatic rings. The second-order valence-corrected chi connectivity index (χ2v) is 9.81. The van der Waals surface area contributed by atoms with E-state index in [0.29, 0.717) is 6.54 Å². The number of piperidine rings is 1. The fourth-order valence-electron chi connectivity index (χ4n) is 4.14. The standard InChI is InChI=1S/C25H38N2O7/c1-17(2)23(28)33-22-20(31-16-21(22)34-25(3,4)30)14-27-12-10-19(11-13-27)26-24(29)32-15-18-8-6-5-7-9-18/h5-9,17,19-22,30H,10-16H2,1-4H3,(H,26,29)/t20-,21+,22+/m1/s1. The molecule has 2 fully saturated rings. The topological polar surface area (TPSA) is 107 Å². The van der Waals surface area contributed by atoms with Crippen molar-refractivity contribution in [2.45, 2.75) is 77.3 Å². The first-order chi connectivity index (χ1) is 16.1. The van der Waals surface area contributed by atoms with Crippen molar-refractivity contribution >= 4 is 12.1 Å². The molecule has 9 nitrogen and oxygen atoms in total. The number of nitrogens with zero attached hydrogens (tertiary/aromatic N) is 1. The van der Waals surface area contributed by atoms with Gasteiger partial charge in [-0.15, -0.1) is 0 Å². The Labute approximate surface area is 201 Å². The average molecular weight is 479 g/mol. The maximum absolute atomic E-state index is 12.3. The highest BCUT2D eigenvalue weighted by Gasteiger charge is 2.44. The normalized spacial score (nSPS) is 24.2. The molecule has 3 rings (SSSR count). The minimum Gasteiger partial charge on any atom is -0.456 e. The number of benzene rings is 1. The summed E-state index contributed by atoms with van der Waals surface area (Å²) in [4.78, 5) is 26.7. The van der Waals surface area contributed by atoms with E-state index in [1.807, 2.05) is 30.3 Å². The van der Waals surface area contributed by atoms with E-state index in [1.54, 1.807) is 27.7 Å². The predicted molar refractivity (Wildman–Crippen MR) is 125 cm³/mol. The van der Waals surface area contributed by atoms with Gasteiger partial charge in [0.05, 0.1) is 12.5 Å². The molecule has 1 aromatic carbocycles. The van der Waals surface area contributed by atoms with Crippen LogP contribution in [-0.4, -0.2) is 78.5 Å². The lowest BCUT2D eigenvalue weighted by Crippen LogP contribution is -2.49. The molecule has 2 heterocycles. The van der Waals surface area contributed by atoms with E-state index in [0.717, 1.165) is 31.5 Å². The minimum atomic E-state index is -1.36. The molecule has 2 saturated heterocycles. The van der Waals surface area contributed by atoms with Crippen molar-refractivity contribution in [1.29, 1.82) is 0 Å². The van der Waals surface area contributed by atoms with Gasteiger partial charge in [-0.25, -0.2) is 4.79 Å². The highest BCUT2D eigenvalue weighted by molar-refractivity contribution is 5.71. The smallest absolute Gasteiger partial charge is 0.407 e. The van der Waals surface area contributed by atoms with Gasteiger partial charge in [-0.3, -0.25) is 4.79 Å². The molecule has 3 atom stereocenters. The van der Waals surface area contributed by atoms with E-state index in [9.17, 15) is 14.7 Å². The Morgan fingerprint density at radius 1 is 1.21 bits per heavy atom. The molecular weight excluding hydrogens is 440 g/mol. The lowest BCUT2D eigenvalue weighted by Gasteiger charge is -2.35. The highest BCUT2D eigenvalue weighted by Crippen LogP contribution is 2.26. The summed E-state index contributed by atoms with van der Waals surface area (Å²) in [6.45, 7) is 9.26. The largest absolute Gasteiger partial charge is 0.456 e. The third-order valence-corrected chi connectivity index (χ3v) is 5.93. The summed E-state index contributed by atoms with van der Waals surface area (Å²) < 4.78 is 22.7. The van der Waals surface area contributed by atoms with Gasteiger partial charge < -0.3 is 34.3 Å². The number of carbonyl (C=O) groups excluding carboxylic acids is 2. The fraction of sp³-hybridized carbons (Fsp3) is 0.680. The molecule has 0 saturated carbocycles. The molecule has 190 valence electrons. The number of esters is 1. The van der Waals surface area contributed by atoms with Gasteiger partial charge in [0.25, 0.3) is 0 Å². The van der Waals surface area contributed by atoms with Crippen molar-refractivity contribution in [2.24, 2.45) is 5.92 Å². The number of amides is 1. The Morgan fingerprint density at radius 3 is 2.50 bits per heavy atom. The number of carbonyl (C=O) groups is 2. The van der Waals surface area contributed by atoms with Crippen LogP contribution < -0.4 is 5.32 Å². The van der Waals surface area contributed by atoms with Crippen molar-refractivity contribution < 1.29 is 33.6 Å². The van der Waals surface area contributed by atoms with Crippen LogP contribution in [0.5, 0.6) is 0 Å². The SMILES string of the molecule is CC(C)C(=O)O[C@@H]1[C@@H](OC(C)(C)O)CO[C@@H]1CN1CCC(NC(=O)OCc2ccccc2)CC1. The summed E-state index contributed by atoms with van der Waals surface area (Å²) >= 11 is 0. The van der Waals surface area contributed by atoms with E-state index in [4.69, 9.17) is 18.9 Å². The van der Waals surface area contributed by atoms with Crippen LogP contribution in [0.3, 0.4) is 0 Å². The molecule has 0 spiro atoms. The van der Waals surface area contributed by atoms with Crippen LogP contribution in [0.4, 0.5) is 4.79 Å². The first kappa shape index (κ1) is 26.4. The Morgan fingerprint density at radius 2 is 1.88 bits per heavy atom. The zero-order valence-electron chi connectivity index (χ0n) is 20.6. The zero-order chi connectivity index (χ0) is 24.7. The average Bonchev–Trinajstić information content (AvgIpc) is 3.13. The van der Waals surface area contributed by atoms with Gasteiger partial charge in [-0.05, 0) is 32.3 Å². The molecule has 0 radical (unpaired) electrons. The van der Waals surface area contributed by atoms with E-state index in [2.05, 4.69) is 10.2 Å². The molecule has 0 bridgehead atoms. The third-order valence-electron chi connectivity index (χ3n) is 5.93. The zero-order valence-corrected chi connectivity index (χ0v) is 20.6. The summed E-state index contributed by atoms with van der Waals surface area (Å²) in [7, 11) is 0. The van der Waals surface area contributed by atoms with Gasteiger partial charge in [0.15, 0.2) is 11.9 Å². The number of ether oxygens (including phenoxy) is 4. The number of nitrogens with one attached hydrogen (secondary N) is 1. The summed E-state index contributed by atoms with van der Waals surface area (Å²) in [6.07, 6.45) is -0.319. The van der Waals surface area contributed by atoms with Crippen LogP contribution in [-0.2, 0) is 30.3 Å². The van der Waals surface area contributed by atoms with E-state index in [1.165, 1.54) is 0 Å². The number of likely N-dealkylation sites (tertiary alicyclic amines) is 1. The molecule has 0 unspecified atom stereocenters. The molecular formula is C25H38N2O7. The van der Waals surface area contributed by atoms with Gasteiger partial charge >= 0.3 is 12.1 Å². The molecule has 2 N–H and O–H groups in total. The molecule has 0 aromatic heterocycles. The predicted octanol–water partition coefficient (Wildman–Crippen LogP) is 2.46. The minimum absolute atomic E-state index is 0.0462. The van der Waals surface area contributed by atoms with Gasteiger partial charge in [0.2, 0.25) is 0 Å². The van der Waals surface area contributed by atoms with Crippen molar-refractivity contribution in [3.05, 3.63) is 35.9 Å². The highest BCUT2D eigenvalue weighted by atomic mass is 16.7. The number of rotatable bonds is 9. The lowest BCUT2D eigenvalue weighted by atomic mass is 10.0. The Hall–Kier alpha value is -2.20. The second kappa shape index (κ2) is 12.0. The van der Waals surface area contributed by atoms with E-state index < -0.39 is 24.1 Å².